The molecule has 1 aromatic heterocycles. The first kappa shape index (κ1) is 15.7. The number of rotatable bonds is 5. The Morgan fingerprint density at radius 2 is 1.90 bits per heavy atom. The summed E-state index contributed by atoms with van der Waals surface area (Å²) >= 11 is 3.37. The van der Waals surface area contributed by atoms with Gasteiger partial charge in [-0.3, -0.25) is 4.72 Å². The minimum absolute atomic E-state index is 0.0116. The summed E-state index contributed by atoms with van der Waals surface area (Å²) in [6.45, 7) is 4.46. The third kappa shape index (κ3) is 3.70. The van der Waals surface area contributed by atoms with E-state index in [9.17, 15) is 8.42 Å². The van der Waals surface area contributed by atoms with E-state index in [1.54, 1.807) is 12.1 Å². The lowest BCUT2D eigenvalue weighted by molar-refractivity contribution is 0.600. The van der Waals surface area contributed by atoms with Crippen LogP contribution in [0.25, 0.3) is 0 Å². The van der Waals surface area contributed by atoms with Gasteiger partial charge in [0.05, 0.1) is 18.1 Å². The summed E-state index contributed by atoms with van der Waals surface area (Å²) in [4.78, 5) is 7.94. The monoisotopic (exact) mass is 370 g/mol. The minimum Gasteiger partial charge on any atom is -0.355 e. The maximum atomic E-state index is 12.3. The molecule has 0 amide bonds. The summed E-state index contributed by atoms with van der Waals surface area (Å²) in [5.74, 6) is 0.396. The molecule has 0 bridgehead atoms. The van der Waals surface area contributed by atoms with Crippen molar-refractivity contribution in [1.29, 1.82) is 0 Å². The van der Waals surface area contributed by atoms with Gasteiger partial charge in [0, 0.05) is 11.0 Å². The Morgan fingerprint density at radius 3 is 2.52 bits per heavy atom. The lowest BCUT2D eigenvalue weighted by atomic mass is 10.2. The zero-order valence-electron chi connectivity index (χ0n) is 11.6. The fourth-order valence-corrected chi connectivity index (χ4v) is 3.09. The smallest absolute Gasteiger partial charge is 0.265 e. The summed E-state index contributed by atoms with van der Waals surface area (Å²) in [5.41, 5.74) is 1.42. The van der Waals surface area contributed by atoms with Crippen LogP contribution in [0, 0.1) is 6.92 Å². The van der Waals surface area contributed by atoms with Crippen LogP contribution in [0.5, 0.6) is 0 Å². The molecule has 0 saturated carbocycles. The molecule has 8 heteroatoms. The first-order valence-corrected chi connectivity index (χ1v) is 8.55. The van der Waals surface area contributed by atoms with E-state index in [0.29, 0.717) is 22.7 Å². The van der Waals surface area contributed by atoms with Gasteiger partial charge in [0.1, 0.15) is 4.90 Å². The lowest BCUT2D eigenvalue weighted by Crippen LogP contribution is -2.14. The third-order valence-corrected chi connectivity index (χ3v) is 5.08. The number of hydrogen-bond acceptors (Lipinski definition) is 5. The van der Waals surface area contributed by atoms with Crippen LogP contribution in [-0.4, -0.2) is 24.9 Å². The van der Waals surface area contributed by atoms with Crippen LogP contribution < -0.4 is 10.0 Å². The number of halogens is 1. The zero-order chi connectivity index (χ0) is 15.5. The zero-order valence-corrected chi connectivity index (χ0v) is 14.0. The van der Waals surface area contributed by atoms with Gasteiger partial charge in [-0.05, 0) is 41.4 Å². The maximum Gasteiger partial charge on any atom is 0.265 e. The van der Waals surface area contributed by atoms with E-state index in [4.69, 9.17) is 0 Å². The van der Waals surface area contributed by atoms with Gasteiger partial charge in [-0.1, -0.05) is 12.1 Å². The van der Waals surface area contributed by atoms with Crippen molar-refractivity contribution >= 4 is 37.6 Å². The van der Waals surface area contributed by atoms with Gasteiger partial charge in [-0.25, -0.2) is 18.4 Å². The summed E-state index contributed by atoms with van der Waals surface area (Å²) in [6.07, 6.45) is 2.55. The van der Waals surface area contributed by atoms with E-state index >= 15 is 0 Å². The number of benzene rings is 1. The number of aryl methyl sites for hydroxylation is 1. The molecule has 0 atom stereocenters. The highest BCUT2D eigenvalue weighted by molar-refractivity contribution is 9.10. The Kier molecular flexibility index (Phi) is 4.79. The van der Waals surface area contributed by atoms with Crippen LogP contribution in [0.1, 0.15) is 12.5 Å². The van der Waals surface area contributed by atoms with Crippen molar-refractivity contribution in [2.75, 3.05) is 16.6 Å². The quantitative estimate of drug-likeness (QED) is 0.845. The van der Waals surface area contributed by atoms with Crippen LogP contribution >= 0.6 is 15.9 Å². The van der Waals surface area contributed by atoms with Crippen molar-refractivity contribution in [3.63, 3.8) is 0 Å². The third-order valence-electron chi connectivity index (χ3n) is 2.71. The average molecular weight is 371 g/mol. The minimum atomic E-state index is -3.72. The Morgan fingerprint density at radius 1 is 1.24 bits per heavy atom. The van der Waals surface area contributed by atoms with Crippen LogP contribution in [0.4, 0.5) is 11.6 Å². The normalized spacial score (nSPS) is 11.2. The van der Waals surface area contributed by atoms with Gasteiger partial charge >= 0.3 is 0 Å². The molecule has 0 radical (unpaired) electrons. The number of aromatic nitrogens is 2. The highest BCUT2D eigenvalue weighted by Gasteiger charge is 2.17. The molecule has 0 spiro atoms. The lowest BCUT2D eigenvalue weighted by Gasteiger charge is -2.11. The largest absolute Gasteiger partial charge is 0.355 e. The molecule has 2 N–H and O–H groups in total. The van der Waals surface area contributed by atoms with E-state index in [1.165, 1.54) is 12.4 Å². The first-order chi connectivity index (χ1) is 9.94. The number of nitrogens with zero attached hydrogens (tertiary/aromatic N) is 2. The molecule has 0 aliphatic carbocycles. The summed E-state index contributed by atoms with van der Waals surface area (Å²) in [5, 5.41) is 2.91. The number of sulfonamides is 1. The topological polar surface area (TPSA) is 84.0 Å². The Bertz CT molecular complexity index is 732. The molecule has 0 fully saturated rings. The molecular formula is C13H15BrN4O2S. The Balaban J connectivity index is 2.27. The fourth-order valence-electron chi connectivity index (χ4n) is 1.63. The van der Waals surface area contributed by atoms with Crippen LogP contribution in [-0.2, 0) is 10.0 Å². The van der Waals surface area contributed by atoms with Gasteiger partial charge in [0.25, 0.3) is 10.0 Å². The predicted molar refractivity (Wildman–Crippen MR) is 85.9 cm³/mol. The van der Waals surface area contributed by atoms with Crippen molar-refractivity contribution in [2.24, 2.45) is 0 Å². The molecule has 2 rings (SSSR count). The summed E-state index contributed by atoms with van der Waals surface area (Å²) < 4.78 is 27.8. The maximum absolute atomic E-state index is 12.3. The second-order valence-corrected chi connectivity index (χ2v) is 6.79. The molecule has 1 aromatic carbocycles. The highest BCUT2D eigenvalue weighted by Crippen LogP contribution is 2.27. The summed E-state index contributed by atoms with van der Waals surface area (Å²) in [6, 6.07) is 5.35. The van der Waals surface area contributed by atoms with Crippen LogP contribution in [0.2, 0.25) is 0 Å². The van der Waals surface area contributed by atoms with Gasteiger partial charge < -0.3 is 5.32 Å². The van der Waals surface area contributed by atoms with Crippen molar-refractivity contribution < 1.29 is 8.42 Å². The van der Waals surface area contributed by atoms with E-state index in [0.717, 1.165) is 5.56 Å². The average Bonchev–Trinajstić information content (AvgIpc) is 2.45. The molecule has 112 valence electrons. The van der Waals surface area contributed by atoms with Crippen molar-refractivity contribution in [2.45, 2.75) is 18.7 Å². The molecule has 0 unspecified atom stereocenters. The molecule has 6 nitrogen and oxygen atoms in total. The van der Waals surface area contributed by atoms with Crippen molar-refractivity contribution in [1.82, 2.24) is 9.97 Å². The van der Waals surface area contributed by atoms with Gasteiger partial charge in [-0.15, -0.1) is 0 Å². The van der Waals surface area contributed by atoms with Crippen molar-refractivity contribution in [3.8, 4) is 0 Å². The molecule has 0 aliphatic heterocycles. The highest BCUT2D eigenvalue weighted by atomic mass is 79.9. The molecule has 21 heavy (non-hydrogen) atoms. The Hall–Kier alpha value is -1.67. The van der Waals surface area contributed by atoms with E-state index in [1.807, 2.05) is 19.9 Å². The standard InChI is InChI=1S/C13H15BrN4O2S/c1-3-15-13-16-7-10(8-17-13)21(19,20)18-11-6-4-5-9(2)12(11)14/h4-8,18H,3H2,1-2H3,(H,15,16,17). The molecule has 0 saturated heterocycles. The van der Waals surface area contributed by atoms with Crippen LogP contribution in [0.15, 0.2) is 40.0 Å². The number of nitrogens with one attached hydrogen (secondary N) is 2. The second kappa shape index (κ2) is 6.40. The van der Waals surface area contributed by atoms with Gasteiger partial charge in [0.2, 0.25) is 5.95 Å². The number of hydrogen-bond donors (Lipinski definition) is 2. The number of anilines is 2. The van der Waals surface area contributed by atoms with Gasteiger partial charge in [-0.2, -0.15) is 0 Å². The SMILES string of the molecule is CCNc1ncc(S(=O)(=O)Nc2cccc(C)c2Br)cn1. The molecule has 2 aromatic rings. The van der Waals surface area contributed by atoms with Gasteiger partial charge in [0.15, 0.2) is 0 Å². The van der Waals surface area contributed by atoms with Crippen molar-refractivity contribution in [3.05, 3.63) is 40.6 Å². The van der Waals surface area contributed by atoms with Crippen LogP contribution in [0.3, 0.4) is 0 Å². The van der Waals surface area contributed by atoms with E-state index in [2.05, 4.69) is 35.9 Å². The van der Waals surface area contributed by atoms with E-state index in [-0.39, 0.29) is 4.90 Å². The predicted octanol–water partition coefficient (Wildman–Crippen LogP) is 2.78. The molecule has 1 heterocycles. The molecule has 0 aliphatic rings. The molecular weight excluding hydrogens is 356 g/mol. The Labute approximate surface area is 132 Å². The summed E-state index contributed by atoms with van der Waals surface area (Å²) in [7, 11) is -3.72. The second-order valence-electron chi connectivity index (χ2n) is 4.31. The fraction of sp³-hybridized carbons (Fsp3) is 0.231. The first-order valence-electron chi connectivity index (χ1n) is 6.28. The van der Waals surface area contributed by atoms with E-state index < -0.39 is 10.0 Å².